The van der Waals surface area contributed by atoms with Crippen molar-refractivity contribution in [3.63, 3.8) is 0 Å². The number of carbonyl (C=O) groups excluding carboxylic acids is 3. The highest BCUT2D eigenvalue weighted by Gasteiger charge is 2.25. The molecule has 2 N–H and O–H groups in total. The van der Waals surface area contributed by atoms with Gasteiger partial charge in [-0.25, -0.2) is 0 Å². The maximum atomic E-state index is 12.3. The van der Waals surface area contributed by atoms with Gasteiger partial charge in [0.1, 0.15) is 6.04 Å². The van der Waals surface area contributed by atoms with Gasteiger partial charge in [0, 0.05) is 26.1 Å². The molecule has 0 saturated carbocycles. The zero-order valence-corrected chi connectivity index (χ0v) is 15.0. The van der Waals surface area contributed by atoms with Gasteiger partial charge in [-0.15, -0.1) is 11.3 Å². The normalized spacial score (nSPS) is 15.4. The fourth-order valence-electron chi connectivity index (χ4n) is 2.68. The number of nitrogens with one attached hydrogen (secondary N) is 2. The summed E-state index contributed by atoms with van der Waals surface area (Å²) in [7, 11) is 0. The summed E-state index contributed by atoms with van der Waals surface area (Å²) < 4.78 is 0. The molecule has 1 atom stereocenters. The van der Waals surface area contributed by atoms with Crippen LogP contribution in [0.15, 0.2) is 17.5 Å². The largest absolute Gasteiger partial charge is 0.354 e. The Bertz CT molecular complexity index is 566. The third-order valence-electron chi connectivity index (χ3n) is 4.08. The van der Waals surface area contributed by atoms with Crippen LogP contribution in [0.4, 0.5) is 0 Å². The standard InChI is InChI=1S/C17H25N3O3S/c1-12(2)15(19-16(22)13-6-5-11-24-13)17(23)18-8-7-14(21)20-9-3-4-10-20/h5-6,11-12,15H,3-4,7-10H2,1-2H3,(H,18,23)(H,19,22). The molecule has 6 nitrogen and oxygen atoms in total. The van der Waals surface area contributed by atoms with E-state index in [1.165, 1.54) is 11.3 Å². The van der Waals surface area contributed by atoms with Crippen LogP contribution in [-0.4, -0.2) is 48.3 Å². The summed E-state index contributed by atoms with van der Waals surface area (Å²) in [6.07, 6.45) is 2.42. The average Bonchev–Trinajstić information content (AvgIpc) is 3.24. The van der Waals surface area contributed by atoms with E-state index >= 15 is 0 Å². The molecule has 2 heterocycles. The molecule has 24 heavy (non-hydrogen) atoms. The summed E-state index contributed by atoms with van der Waals surface area (Å²) in [5.74, 6) is -0.448. The molecule has 1 fully saturated rings. The number of rotatable bonds is 7. The SMILES string of the molecule is CC(C)C(NC(=O)c1cccs1)C(=O)NCCC(=O)N1CCCC1. The Morgan fingerprint density at radius 3 is 2.54 bits per heavy atom. The van der Waals surface area contributed by atoms with Crippen molar-refractivity contribution in [1.29, 1.82) is 0 Å². The van der Waals surface area contributed by atoms with Crippen molar-refractivity contribution >= 4 is 29.1 Å². The van der Waals surface area contributed by atoms with Gasteiger partial charge < -0.3 is 15.5 Å². The highest BCUT2D eigenvalue weighted by molar-refractivity contribution is 7.12. The first-order valence-electron chi connectivity index (χ1n) is 8.39. The third kappa shape index (κ3) is 5.06. The molecule has 0 aliphatic carbocycles. The minimum Gasteiger partial charge on any atom is -0.354 e. The molecule has 1 unspecified atom stereocenters. The van der Waals surface area contributed by atoms with Crippen LogP contribution in [0, 0.1) is 5.92 Å². The number of amides is 3. The van der Waals surface area contributed by atoms with Crippen molar-refractivity contribution in [3.8, 4) is 0 Å². The Morgan fingerprint density at radius 2 is 1.96 bits per heavy atom. The molecular formula is C17H25N3O3S. The van der Waals surface area contributed by atoms with Gasteiger partial charge in [0.25, 0.3) is 5.91 Å². The summed E-state index contributed by atoms with van der Waals surface area (Å²) in [4.78, 5) is 38.9. The van der Waals surface area contributed by atoms with Crippen molar-refractivity contribution in [2.24, 2.45) is 5.92 Å². The summed E-state index contributed by atoms with van der Waals surface area (Å²) in [5, 5.41) is 7.37. The number of carbonyl (C=O) groups is 3. The highest BCUT2D eigenvalue weighted by atomic mass is 32.1. The lowest BCUT2D eigenvalue weighted by Gasteiger charge is -2.22. The molecule has 1 saturated heterocycles. The third-order valence-corrected chi connectivity index (χ3v) is 4.95. The first kappa shape index (κ1) is 18.4. The number of thiophene rings is 1. The Kier molecular flexibility index (Phi) is 6.78. The summed E-state index contributed by atoms with van der Waals surface area (Å²) in [5.41, 5.74) is 0. The second-order valence-corrected chi connectivity index (χ2v) is 7.25. The van der Waals surface area contributed by atoms with E-state index in [2.05, 4.69) is 10.6 Å². The van der Waals surface area contributed by atoms with Gasteiger partial charge in [-0.2, -0.15) is 0 Å². The maximum absolute atomic E-state index is 12.3. The van der Waals surface area contributed by atoms with Crippen LogP contribution in [0.2, 0.25) is 0 Å². The molecule has 0 radical (unpaired) electrons. The van der Waals surface area contributed by atoms with Gasteiger partial charge in [-0.1, -0.05) is 19.9 Å². The summed E-state index contributed by atoms with van der Waals surface area (Å²) in [6.45, 7) is 5.70. The Labute approximate surface area is 146 Å². The molecule has 1 aromatic rings. The van der Waals surface area contributed by atoms with E-state index < -0.39 is 6.04 Å². The van der Waals surface area contributed by atoms with Gasteiger partial charge in [-0.05, 0) is 30.2 Å². The van der Waals surface area contributed by atoms with E-state index in [1.807, 2.05) is 24.1 Å². The minimum atomic E-state index is -0.610. The van der Waals surface area contributed by atoms with Gasteiger partial charge in [0.2, 0.25) is 11.8 Å². The summed E-state index contributed by atoms with van der Waals surface area (Å²) >= 11 is 1.34. The van der Waals surface area contributed by atoms with E-state index in [1.54, 1.807) is 12.1 Å². The predicted molar refractivity (Wildman–Crippen MR) is 93.9 cm³/mol. The fourth-order valence-corrected chi connectivity index (χ4v) is 3.31. The molecule has 2 rings (SSSR count). The lowest BCUT2D eigenvalue weighted by molar-refractivity contribution is -0.130. The average molecular weight is 351 g/mol. The first-order chi connectivity index (χ1) is 11.5. The van der Waals surface area contributed by atoms with Gasteiger partial charge >= 0.3 is 0 Å². The highest BCUT2D eigenvalue weighted by Crippen LogP contribution is 2.11. The zero-order chi connectivity index (χ0) is 17.5. The molecular weight excluding hydrogens is 326 g/mol. The number of hydrogen-bond acceptors (Lipinski definition) is 4. The van der Waals surface area contributed by atoms with E-state index in [4.69, 9.17) is 0 Å². The van der Waals surface area contributed by atoms with Crippen molar-refractivity contribution in [1.82, 2.24) is 15.5 Å². The number of hydrogen-bond donors (Lipinski definition) is 2. The smallest absolute Gasteiger partial charge is 0.262 e. The van der Waals surface area contributed by atoms with Gasteiger partial charge in [-0.3, -0.25) is 14.4 Å². The van der Waals surface area contributed by atoms with E-state index in [9.17, 15) is 14.4 Å². The molecule has 0 aromatic carbocycles. The van der Waals surface area contributed by atoms with Gasteiger partial charge in [0.05, 0.1) is 4.88 Å². The van der Waals surface area contributed by atoms with Crippen LogP contribution >= 0.6 is 11.3 Å². The topological polar surface area (TPSA) is 78.5 Å². The molecule has 3 amide bonds. The fraction of sp³-hybridized carbons (Fsp3) is 0.588. The molecule has 1 aliphatic heterocycles. The molecule has 1 aliphatic rings. The van der Waals surface area contributed by atoms with E-state index in [-0.39, 0.29) is 23.6 Å². The monoisotopic (exact) mass is 351 g/mol. The lowest BCUT2D eigenvalue weighted by atomic mass is 10.0. The molecule has 0 bridgehead atoms. The van der Waals surface area contributed by atoms with Crippen molar-refractivity contribution in [2.75, 3.05) is 19.6 Å². The molecule has 1 aromatic heterocycles. The van der Waals surface area contributed by atoms with Crippen LogP contribution in [-0.2, 0) is 9.59 Å². The van der Waals surface area contributed by atoms with Crippen LogP contribution < -0.4 is 10.6 Å². The lowest BCUT2D eigenvalue weighted by Crippen LogP contribution is -2.50. The summed E-state index contributed by atoms with van der Waals surface area (Å²) in [6, 6.07) is 2.92. The molecule has 0 spiro atoms. The second-order valence-electron chi connectivity index (χ2n) is 6.30. The second kappa shape index (κ2) is 8.82. The van der Waals surface area contributed by atoms with Crippen molar-refractivity contribution < 1.29 is 14.4 Å². The van der Waals surface area contributed by atoms with Crippen LogP contribution in [0.1, 0.15) is 42.8 Å². The van der Waals surface area contributed by atoms with E-state index in [0.717, 1.165) is 25.9 Å². The number of likely N-dealkylation sites (tertiary alicyclic amines) is 1. The van der Waals surface area contributed by atoms with Crippen LogP contribution in [0.25, 0.3) is 0 Å². The van der Waals surface area contributed by atoms with Crippen LogP contribution in [0.5, 0.6) is 0 Å². The van der Waals surface area contributed by atoms with E-state index in [0.29, 0.717) is 17.8 Å². The Balaban J connectivity index is 1.80. The number of nitrogens with zero attached hydrogens (tertiary/aromatic N) is 1. The first-order valence-corrected chi connectivity index (χ1v) is 9.27. The molecule has 7 heteroatoms. The van der Waals surface area contributed by atoms with Crippen molar-refractivity contribution in [3.05, 3.63) is 22.4 Å². The molecule has 132 valence electrons. The minimum absolute atomic E-state index is 0.0387. The zero-order valence-electron chi connectivity index (χ0n) is 14.2. The van der Waals surface area contributed by atoms with Crippen molar-refractivity contribution in [2.45, 2.75) is 39.2 Å². The Morgan fingerprint density at radius 1 is 1.25 bits per heavy atom. The van der Waals surface area contributed by atoms with Gasteiger partial charge in [0.15, 0.2) is 0 Å². The van der Waals surface area contributed by atoms with Crippen LogP contribution in [0.3, 0.4) is 0 Å². The quantitative estimate of drug-likeness (QED) is 0.784. The Hall–Kier alpha value is -1.89. The maximum Gasteiger partial charge on any atom is 0.262 e. The predicted octanol–water partition coefficient (Wildman–Crippen LogP) is 1.63.